The minimum Gasteiger partial charge on any atom is -0.378 e. The van der Waals surface area contributed by atoms with Gasteiger partial charge in [-0.1, -0.05) is 23.7 Å². The molecule has 5 nitrogen and oxygen atoms in total. The summed E-state index contributed by atoms with van der Waals surface area (Å²) >= 11 is 5.94. The number of morpholine rings is 1. The lowest BCUT2D eigenvalue weighted by Crippen LogP contribution is -2.54. The van der Waals surface area contributed by atoms with Crippen molar-refractivity contribution in [2.45, 2.75) is 24.3 Å². The number of sulfonamides is 1. The number of nitrogens with zero attached hydrogens (tertiary/aromatic N) is 1. The molecule has 0 aromatic heterocycles. The Bertz CT molecular complexity index is 590. The van der Waals surface area contributed by atoms with Crippen LogP contribution in [0.3, 0.4) is 0 Å². The molecule has 21 heavy (non-hydrogen) atoms. The van der Waals surface area contributed by atoms with Crippen LogP contribution in [-0.2, 0) is 14.8 Å². The molecule has 2 rings (SSSR count). The van der Waals surface area contributed by atoms with Gasteiger partial charge in [0.2, 0.25) is 10.0 Å². The van der Waals surface area contributed by atoms with E-state index in [9.17, 15) is 8.42 Å². The van der Waals surface area contributed by atoms with Gasteiger partial charge < -0.3 is 4.74 Å². The van der Waals surface area contributed by atoms with E-state index >= 15 is 0 Å². The molecule has 0 aliphatic carbocycles. The highest BCUT2D eigenvalue weighted by Gasteiger charge is 2.30. The first-order chi connectivity index (χ1) is 9.83. The van der Waals surface area contributed by atoms with Gasteiger partial charge in [0.1, 0.15) is 4.90 Å². The zero-order valence-electron chi connectivity index (χ0n) is 12.3. The van der Waals surface area contributed by atoms with E-state index < -0.39 is 10.0 Å². The SMILES string of the molecule is CC1(C)COCCN1CCNS(=O)(=O)c1ccccc1Cl. The zero-order chi connectivity index (χ0) is 15.5. The lowest BCUT2D eigenvalue weighted by Gasteiger charge is -2.42. The van der Waals surface area contributed by atoms with Gasteiger partial charge in [0, 0.05) is 25.2 Å². The van der Waals surface area contributed by atoms with Crippen LogP contribution in [0.25, 0.3) is 0 Å². The highest BCUT2D eigenvalue weighted by atomic mass is 35.5. The maximum atomic E-state index is 12.2. The number of hydrogen-bond acceptors (Lipinski definition) is 4. The smallest absolute Gasteiger partial charge is 0.242 e. The van der Waals surface area contributed by atoms with Gasteiger partial charge >= 0.3 is 0 Å². The summed E-state index contributed by atoms with van der Waals surface area (Å²) < 4.78 is 32.5. The lowest BCUT2D eigenvalue weighted by molar-refractivity contribution is -0.0495. The summed E-state index contributed by atoms with van der Waals surface area (Å²) in [5, 5.41) is 0.233. The highest BCUT2D eigenvalue weighted by molar-refractivity contribution is 7.89. The third-order valence-corrected chi connectivity index (χ3v) is 5.58. The van der Waals surface area contributed by atoms with Crippen LogP contribution in [0.15, 0.2) is 29.2 Å². The molecule has 1 fully saturated rings. The number of rotatable bonds is 5. The molecule has 0 bridgehead atoms. The van der Waals surface area contributed by atoms with Crippen LogP contribution in [0.2, 0.25) is 5.02 Å². The number of benzene rings is 1. The fourth-order valence-electron chi connectivity index (χ4n) is 2.36. The monoisotopic (exact) mass is 332 g/mol. The predicted octanol–water partition coefficient (Wildman–Crippen LogP) is 1.73. The first-order valence-corrected chi connectivity index (χ1v) is 8.76. The Morgan fingerprint density at radius 1 is 1.38 bits per heavy atom. The molecule has 0 unspecified atom stereocenters. The minimum absolute atomic E-state index is 0.0753. The lowest BCUT2D eigenvalue weighted by atomic mass is 10.0. The van der Waals surface area contributed by atoms with Crippen molar-refractivity contribution in [1.82, 2.24) is 9.62 Å². The van der Waals surface area contributed by atoms with E-state index in [0.29, 0.717) is 26.3 Å². The highest BCUT2D eigenvalue weighted by Crippen LogP contribution is 2.21. The summed E-state index contributed by atoms with van der Waals surface area (Å²) in [4.78, 5) is 2.35. The Hall–Kier alpha value is -0.660. The Balaban J connectivity index is 1.95. The van der Waals surface area contributed by atoms with Gasteiger partial charge in [-0.25, -0.2) is 13.1 Å². The predicted molar refractivity (Wildman–Crippen MR) is 83.1 cm³/mol. The fourth-order valence-corrected chi connectivity index (χ4v) is 3.90. The Labute approximate surface area is 131 Å². The molecule has 1 heterocycles. The van der Waals surface area contributed by atoms with E-state index in [1.54, 1.807) is 18.2 Å². The second-order valence-corrected chi connectivity index (χ2v) is 7.82. The average molecular weight is 333 g/mol. The molecule has 0 amide bonds. The Morgan fingerprint density at radius 3 is 2.76 bits per heavy atom. The van der Waals surface area contributed by atoms with Crippen molar-refractivity contribution in [1.29, 1.82) is 0 Å². The fraction of sp³-hybridized carbons (Fsp3) is 0.571. The molecule has 0 radical (unpaired) electrons. The molecule has 0 spiro atoms. The van der Waals surface area contributed by atoms with Crippen molar-refractivity contribution in [3.05, 3.63) is 29.3 Å². The molecular weight excluding hydrogens is 312 g/mol. The second-order valence-electron chi connectivity index (χ2n) is 5.68. The van der Waals surface area contributed by atoms with Crippen LogP contribution in [0, 0.1) is 0 Å². The number of hydrogen-bond donors (Lipinski definition) is 1. The van der Waals surface area contributed by atoms with Crippen molar-refractivity contribution < 1.29 is 13.2 Å². The van der Waals surface area contributed by atoms with Crippen molar-refractivity contribution in [2.75, 3.05) is 32.8 Å². The third kappa shape index (κ3) is 4.17. The summed E-state index contributed by atoms with van der Waals surface area (Å²) in [6.07, 6.45) is 0. The largest absolute Gasteiger partial charge is 0.378 e. The van der Waals surface area contributed by atoms with Gasteiger partial charge in [0.15, 0.2) is 0 Å². The normalized spacial score (nSPS) is 19.6. The van der Waals surface area contributed by atoms with Crippen molar-refractivity contribution in [3.8, 4) is 0 Å². The molecular formula is C14H21ClN2O3S. The topological polar surface area (TPSA) is 58.6 Å². The van der Waals surface area contributed by atoms with E-state index in [1.807, 2.05) is 0 Å². The molecule has 7 heteroatoms. The Morgan fingerprint density at radius 2 is 2.10 bits per heavy atom. The second kappa shape index (κ2) is 6.62. The molecule has 1 saturated heterocycles. The van der Waals surface area contributed by atoms with Crippen LogP contribution in [0.5, 0.6) is 0 Å². The number of ether oxygens (including phenoxy) is 1. The van der Waals surface area contributed by atoms with Crippen molar-refractivity contribution in [2.24, 2.45) is 0 Å². The molecule has 1 aromatic rings. The van der Waals surface area contributed by atoms with Crippen molar-refractivity contribution >= 4 is 21.6 Å². The molecule has 0 saturated carbocycles. The maximum absolute atomic E-state index is 12.2. The summed E-state index contributed by atoms with van der Waals surface area (Å²) in [5.41, 5.74) is -0.0753. The van der Waals surface area contributed by atoms with Crippen LogP contribution in [0.4, 0.5) is 0 Å². The van der Waals surface area contributed by atoms with Crippen molar-refractivity contribution in [3.63, 3.8) is 0 Å². The molecule has 1 aliphatic heterocycles. The van der Waals surface area contributed by atoms with Gasteiger partial charge in [-0.15, -0.1) is 0 Å². The summed E-state index contributed by atoms with van der Waals surface area (Å²) in [6, 6.07) is 6.44. The third-order valence-electron chi connectivity index (χ3n) is 3.62. The Kier molecular flexibility index (Phi) is 5.27. The van der Waals surface area contributed by atoms with Crippen LogP contribution >= 0.6 is 11.6 Å². The molecule has 1 aliphatic rings. The van der Waals surface area contributed by atoms with Gasteiger partial charge in [0.05, 0.1) is 18.2 Å². The zero-order valence-corrected chi connectivity index (χ0v) is 13.9. The van der Waals surface area contributed by atoms with E-state index in [2.05, 4.69) is 23.5 Å². The van der Waals surface area contributed by atoms with E-state index in [0.717, 1.165) is 6.54 Å². The van der Waals surface area contributed by atoms with Gasteiger partial charge in [-0.05, 0) is 26.0 Å². The minimum atomic E-state index is -3.57. The van der Waals surface area contributed by atoms with Gasteiger partial charge in [-0.3, -0.25) is 4.90 Å². The first-order valence-electron chi connectivity index (χ1n) is 6.90. The standard InChI is InChI=1S/C14H21ClN2O3S/c1-14(2)11-20-10-9-17(14)8-7-16-21(18,19)13-6-4-3-5-12(13)15/h3-6,16H,7-11H2,1-2H3. The summed E-state index contributed by atoms with van der Waals surface area (Å²) in [6.45, 7) is 7.31. The quantitative estimate of drug-likeness (QED) is 0.892. The summed E-state index contributed by atoms with van der Waals surface area (Å²) in [7, 11) is -3.57. The van der Waals surface area contributed by atoms with E-state index in [-0.39, 0.29) is 15.5 Å². The van der Waals surface area contributed by atoms with Crippen LogP contribution in [-0.4, -0.2) is 51.7 Å². The van der Waals surface area contributed by atoms with Gasteiger partial charge in [-0.2, -0.15) is 0 Å². The van der Waals surface area contributed by atoms with Crippen LogP contribution in [0.1, 0.15) is 13.8 Å². The molecule has 118 valence electrons. The van der Waals surface area contributed by atoms with Gasteiger partial charge in [0.25, 0.3) is 0 Å². The van der Waals surface area contributed by atoms with E-state index in [1.165, 1.54) is 6.07 Å². The molecule has 1 N–H and O–H groups in total. The maximum Gasteiger partial charge on any atom is 0.242 e. The summed E-state index contributed by atoms with van der Waals surface area (Å²) in [5.74, 6) is 0. The molecule has 1 aromatic carbocycles. The molecule has 0 atom stereocenters. The number of halogens is 1. The van der Waals surface area contributed by atoms with E-state index in [4.69, 9.17) is 16.3 Å². The average Bonchev–Trinajstić information content (AvgIpc) is 2.40. The number of nitrogens with one attached hydrogen (secondary N) is 1. The first kappa shape index (κ1) is 16.7. The van der Waals surface area contributed by atoms with Crippen LogP contribution < -0.4 is 4.72 Å².